The zero-order valence-corrected chi connectivity index (χ0v) is 12.4. The molecule has 2 aliphatic rings. The Morgan fingerprint density at radius 3 is 2.50 bits per heavy atom. The van der Waals surface area contributed by atoms with Gasteiger partial charge in [-0.2, -0.15) is 0 Å². The second kappa shape index (κ2) is 5.81. The summed E-state index contributed by atoms with van der Waals surface area (Å²) in [5, 5.41) is 3.10. The van der Waals surface area contributed by atoms with Crippen LogP contribution in [0.25, 0.3) is 0 Å². The van der Waals surface area contributed by atoms with Crippen molar-refractivity contribution in [2.75, 3.05) is 5.88 Å². The van der Waals surface area contributed by atoms with E-state index in [4.69, 9.17) is 11.6 Å². The molecule has 0 radical (unpaired) electrons. The van der Waals surface area contributed by atoms with Crippen molar-refractivity contribution >= 4 is 17.5 Å². The van der Waals surface area contributed by atoms with Crippen molar-refractivity contribution in [2.24, 2.45) is 17.8 Å². The molecule has 2 rings (SSSR count). The predicted octanol–water partition coefficient (Wildman–Crippen LogP) is 3.73. The van der Waals surface area contributed by atoms with Crippen molar-refractivity contribution in [1.82, 2.24) is 5.32 Å². The molecule has 2 nitrogen and oxygen atoms in total. The highest BCUT2D eigenvalue weighted by atomic mass is 35.5. The Morgan fingerprint density at radius 1 is 1.17 bits per heavy atom. The Balaban J connectivity index is 1.88. The molecule has 2 fully saturated rings. The van der Waals surface area contributed by atoms with Gasteiger partial charge in [-0.3, -0.25) is 4.79 Å². The molecule has 3 heteroatoms. The van der Waals surface area contributed by atoms with E-state index in [-0.39, 0.29) is 17.4 Å². The first kappa shape index (κ1) is 14.2. The van der Waals surface area contributed by atoms with E-state index < -0.39 is 0 Å². The first-order chi connectivity index (χ1) is 8.52. The van der Waals surface area contributed by atoms with Crippen LogP contribution >= 0.6 is 11.6 Å². The quantitative estimate of drug-likeness (QED) is 0.779. The summed E-state index contributed by atoms with van der Waals surface area (Å²) in [7, 11) is 0. The van der Waals surface area contributed by atoms with Gasteiger partial charge in [-0.1, -0.05) is 25.7 Å². The SMILES string of the molecule is CC(C)(CCl)NC(=O)C1CCC2CCCCC2C1. The van der Waals surface area contributed by atoms with Gasteiger partial charge in [0.2, 0.25) is 5.91 Å². The molecule has 0 aromatic heterocycles. The van der Waals surface area contributed by atoms with E-state index >= 15 is 0 Å². The van der Waals surface area contributed by atoms with Crippen molar-refractivity contribution in [3.63, 3.8) is 0 Å². The summed E-state index contributed by atoms with van der Waals surface area (Å²) >= 11 is 5.87. The van der Waals surface area contributed by atoms with Crippen molar-refractivity contribution in [1.29, 1.82) is 0 Å². The molecule has 0 aromatic rings. The van der Waals surface area contributed by atoms with Gasteiger partial charge >= 0.3 is 0 Å². The monoisotopic (exact) mass is 271 g/mol. The van der Waals surface area contributed by atoms with Crippen LogP contribution in [-0.4, -0.2) is 17.3 Å². The highest BCUT2D eigenvalue weighted by Crippen LogP contribution is 2.42. The molecule has 0 saturated heterocycles. The minimum atomic E-state index is -0.276. The summed E-state index contributed by atoms with van der Waals surface area (Å²) in [4.78, 5) is 12.3. The van der Waals surface area contributed by atoms with Gasteiger partial charge in [0.25, 0.3) is 0 Å². The van der Waals surface area contributed by atoms with E-state index in [0.717, 1.165) is 24.7 Å². The van der Waals surface area contributed by atoms with E-state index in [0.29, 0.717) is 5.88 Å². The molecule has 2 aliphatic carbocycles. The van der Waals surface area contributed by atoms with E-state index in [1.54, 1.807) is 0 Å². The van der Waals surface area contributed by atoms with Crippen LogP contribution in [0.4, 0.5) is 0 Å². The van der Waals surface area contributed by atoms with Crippen molar-refractivity contribution in [2.45, 2.75) is 64.3 Å². The van der Waals surface area contributed by atoms with Crippen LogP contribution in [-0.2, 0) is 4.79 Å². The fourth-order valence-electron chi connectivity index (χ4n) is 3.58. The fourth-order valence-corrected chi connectivity index (χ4v) is 3.65. The lowest BCUT2D eigenvalue weighted by molar-refractivity contribution is -0.128. The summed E-state index contributed by atoms with van der Waals surface area (Å²) < 4.78 is 0. The van der Waals surface area contributed by atoms with Crippen molar-refractivity contribution < 1.29 is 4.79 Å². The highest BCUT2D eigenvalue weighted by molar-refractivity contribution is 6.18. The van der Waals surface area contributed by atoms with Crippen molar-refractivity contribution in [3.05, 3.63) is 0 Å². The molecule has 18 heavy (non-hydrogen) atoms. The predicted molar refractivity (Wildman–Crippen MR) is 75.7 cm³/mol. The number of fused-ring (bicyclic) bond motifs is 1. The molecule has 0 aliphatic heterocycles. The summed E-state index contributed by atoms with van der Waals surface area (Å²) in [5.74, 6) is 2.64. The van der Waals surface area contributed by atoms with Crippen molar-refractivity contribution in [3.8, 4) is 0 Å². The molecule has 3 unspecified atom stereocenters. The summed E-state index contributed by atoms with van der Waals surface area (Å²) in [6, 6.07) is 0. The van der Waals surface area contributed by atoms with Crippen LogP contribution in [0.2, 0.25) is 0 Å². The number of halogens is 1. The van der Waals surface area contributed by atoms with Gasteiger partial charge in [-0.05, 0) is 44.9 Å². The molecule has 0 bridgehead atoms. The molecule has 2 saturated carbocycles. The Kier molecular flexibility index (Phi) is 4.58. The fraction of sp³-hybridized carbons (Fsp3) is 0.933. The van der Waals surface area contributed by atoms with Gasteiger partial charge in [-0.25, -0.2) is 0 Å². The number of carbonyl (C=O) groups excluding carboxylic acids is 1. The van der Waals surface area contributed by atoms with Gasteiger partial charge in [-0.15, -0.1) is 11.6 Å². The van der Waals surface area contributed by atoms with Gasteiger partial charge in [0.05, 0.1) is 0 Å². The number of carbonyl (C=O) groups is 1. The van der Waals surface area contributed by atoms with Crippen LogP contribution in [0.3, 0.4) is 0 Å². The van der Waals surface area contributed by atoms with Gasteiger partial charge in [0.15, 0.2) is 0 Å². The molecule has 3 atom stereocenters. The summed E-state index contributed by atoms with van der Waals surface area (Å²) in [5.41, 5.74) is -0.276. The van der Waals surface area contributed by atoms with Crippen LogP contribution in [0.15, 0.2) is 0 Å². The first-order valence-electron chi connectivity index (χ1n) is 7.40. The second-order valence-electron chi connectivity index (χ2n) is 6.82. The normalized spacial score (nSPS) is 32.7. The number of hydrogen-bond donors (Lipinski definition) is 1. The Bertz CT molecular complexity index is 303. The van der Waals surface area contributed by atoms with Crippen LogP contribution in [0.5, 0.6) is 0 Å². The number of alkyl halides is 1. The van der Waals surface area contributed by atoms with E-state index in [1.807, 2.05) is 13.8 Å². The maximum Gasteiger partial charge on any atom is 0.223 e. The highest BCUT2D eigenvalue weighted by Gasteiger charge is 2.36. The Labute approximate surface area is 116 Å². The molecular weight excluding hydrogens is 246 g/mol. The van der Waals surface area contributed by atoms with Crippen LogP contribution in [0, 0.1) is 17.8 Å². The number of nitrogens with one attached hydrogen (secondary N) is 1. The average Bonchev–Trinajstić information content (AvgIpc) is 2.37. The molecule has 0 aromatic carbocycles. The third-order valence-electron chi connectivity index (χ3n) is 4.71. The molecule has 0 heterocycles. The van der Waals surface area contributed by atoms with Gasteiger partial charge in [0.1, 0.15) is 0 Å². The molecular formula is C15H26ClNO. The standard InChI is InChI=1S/C15H26ClNO/c1-15(2,10-16)17-14(18)13-8-7-11-5-3-4-6-12(11)9-13/h11-13H,3-10H2,1-2H3,(H,17,18). The molecule has 104 valence electrons. The topological polar surface area (TPSA) is 29.1 Å². The maximum absolute atomic E-state index is 12.3. The van der Waals surface area contributed by atoms with Crippen LogP contribution in [0.1, 0.15) is 58.8 Å². The first-order valence-corrected chi connectivity index (χ1v) is 7.93. The van der Waals surface area contributed by atoms with Gasteiger partial charge in [0, 0.05) is 17.3 Å². The summed E-state index contributed by atoms with van der Waals surface area (Å²) in [6.07, 6.45) is 8.93. The summed E-state index contributed by atoms with van der Waals surface area (Å²) in [6.45, 7) is 3.98. The third-order valence-corrected chi connectivity index (χ3v) is 5.37. The van der Waals surface area contributed by atoms with Gasteiger partial charge < -0.3 is 5.32 Å². The Hall–Kier alpha value is -0.240. The minimum absolute atomic E-state index is 0.227. The van der Waals surface area contributed by atoms with E-state index in [2.05, 4.69) is 5.32 Å². The molecule has 1 N–H and O–H groups in total. The second-order valence-corrected chi connectivity index (χ2v) is 7.09. The van der Waals surface area contributed by atoms with Crippen LogP contribution < -0.4 is 5.32 Å². The third kappa shape index (κ3) is 3.40. The largest absolute Gasteiger partial charge is 0.350 e. The lowest BCUT2D eigenvalue weighted by Gasteiger charge is -2.39. The number of hydrogen-bond acceptors (Lipinski definition) is 1. The lowest BCUT2D eigenvalue weighted by Crippen LogP contribution is -2.48. The smallest absolute Gasteiger partial charge is 0.223 e. The number of amides is 1. The average molecular weight is 272 g/mol. The minimum Gasteiger partial charge on any atom is -0.350 e. The van der Waals surface area contributed by atoms with E-state index in [1.165, 1.54) is 32.1 Å². The number of rotatable bonds is 3. The van der Waals surface area contributed by atoms with E-state index in [9.17, 15) is 4.79 Å². The zero-order chi connectivity index (χ0) is 13.2. The zero-order valence-electron chi connectivity index (χ0n) is 11.7. The lowest BCUT2D eigenvalue weighted by atomic mass is 9.67. The molecule has 1 amide bonds. The Morgan fingerprint density at radius 2 is 1.83 bits per heavy atom. The molecule has 0 spiro atoms. The maximum atomic E-state index is 12.3.